The molecule has 0 amide bonds. The monoisotopic (exact) mass is 283 g/mol. The van der Waals surface area contributed by atoms with E-state index >= 15 is 0 Å². The highest BCUT2D eigenvalue weighted by Gasteiger charge is 2.35. The van der Waals surface area contributed by atoms with Crippen LogP contribution in [0.15, 0.2) is 23.6 Å². The number of ether oxygens (including phenoxy) is 1. The molecule has 0 aromatic carbocycles. The first-order chi connectivity index (χ1) is 8.98. The van der Waals surface area contributed by atoms with Crippen LogP contribution in [0.1, 0.15) is 27.7 Å². The summed E-state index contributed by atoms with van der Waals surface area (Å²) in [5, 5.41) is 3.92. The van der Waals surface area contributed by atoms with Crippen LogP contribution < -0.4 is 5.32 Å². The van der Waals surface area contributed by atoms with Gasteiger partial charge in [0.05, 0.1) is 6.61 Å². The van der Waals surface area contributed by atoms with E-state index in [0.717, 1.165) is 0 Å². The van der Waals surface area contributed by atoms with E-state index in [1.807, 2.05) is 20.8 Å². The lowest BCUT2D eigenvalue weighted by atomic mass is 10.0. The van der Waals surface area contributed by atoms with E-state index in [-0.39, 0.29) is 12.0 Å². The van der Waals surface area contributed by atoms with Crippen LogP contribution in [0, 0.1) is 0 Å². The van der Waals surface area contributed by atoms with Crippen molar-refractivity contribution in [3.8, 4) is 0 Å². The Morgan fingerprint density at radius 2 is 2.11 bits per heavy atom. The molecule has 0 aliphatic carbocycles. The van der Waals surface area contributed by atoms with E-state index in [2.05, 4.69) is 15.3 Å². The largest absolute Gasteiger partial charge is 0.465 e. The molecule has 1 aromatic rings. The molecule has 1 aromatic heterocycles. The summed E-state index contributed by atoms with van der Waals surface area (Å²) in [4.78, 5) is 20.4. The van der Waals surface area contributed by atoms with Crippen molar-refractivity contribution in [2.45, 2.75) is 44.4 Å². The summed E-state index contributed by atoms with van der Waals surface area (Å²) in [6.07, 6.45) is 3.37. The first-order valence-corrected chi connectivity index (χ1v) is 7.31. The molecule has 1 rings (SSSR count). The highest BCUT2D eigenvalue weighted by Crippen LogP contribution is 2.20. The first-order valence-electron chi connectivity index (χ1n) is 6.32. The summed E-state index contributed by atoms with van der Waals surface area (Å²) in [6, 6.07) is 1.95. The first kappa shape index (κ1) is 15.9. The van der Waals surface area contributed by atoms with Crippen molar-refractivity contribution < 1.29 is 9.53 Å². The molecule has 0 fully saturated rings. The number of esters is 1. The molecule has 1 atom stereocenters. The van der Waals surface area contributed by atoms with Crippen LogP contribution in [0.3, 0.4) is 0 Å². The van der Waals surface area contributed by atoms with Crippen LogP contribution in [0.4, 0.5) is 0 Å². The molecule has 19 heavy (non-hydrogen) atoms. The maximum absolute atomic E-state index is 12.1. The molecule has 1 unspecified atom stereocenters. The maximum Gasteiger partial charge on any atom is 0.326 e. The van der Waals surface area contributed by atoms with Gasteiger partial charge >= 0.3 is 5.97 Å². The zero-order valence-corrected chi connectivity index (χ0v) is 12.7. The van der Waals surface area contributed by atoms with Gasteiger partial charge in [-0.1, -0.05) is 11.8 Å². The molecule has 1 N–H and O–H groups in total. The van der Waals surface area contributed by atoms with Crippen molar-refractivity contribution >= 4 is 17.7 Å². The van der Waals surface area contributed by atoms with Crippen LogP contribution in [0.2, 0.25) is 0 Å². The van der Waals surface area contributed by atoms with Crippen molar-refractivity contribution in [1.29, 1.82) is 0 Å². The summed E-state index contributed by atoms with van der Waals surface area (Å²) < 4.78 is 5.14. The zero-order valence-electron chi connectivity index (χ0n) is 11.8. The third-order valence-corrected chi connectivity index (χ3v) is 3.56. The van der Waals surface area contributed by atoms with E-state index in [0.29, 0.717) is 17.5 Å². The lowest BCUT2D eigenvalue weighted by Crippen LogP contribution is -2.55. The number of nitrogens with one attached hydrogen (secondary N) is 1. The Morgan fingerprint density at radius 1 is 1.47 bits per heavy atom. The summed E-state index contributed by atoms with van der Waals surface area (Å²) in [5.74, 6) is 0.278. The summed E-state index contributed by atoms with van der Waals surface area (Å²) >= 11 is 1.44. The summed E-state index contributed by atoms with van der Waals surface area (Å²) in [7, 11) is 0. The Labute approximate surface area is 118 Å². The topological polar surface area (TPSA) is 64.1 Å². The smallest absolute Gasteiger partial charge is 0.326 e. The molecule has 0 saturated heterocycles. The molecule has 0 radical (unpaired) electrons. The van der Waals surface area contributed by atoms with Crippen LogP contribution in [0.25, 0.3) is 0 Å². The second-order valence-electron chi connectivity index (χ2n) is 4.67. The Hall–Kier alpha value is -1.14. The zero-order chi connectivity index (χ0) is 14.3. The second kappa shape index (κ2) is 7.45. The Bertz CT molecular complexity index is 400. The van der Waals surface area contributed by atoms with Crippen molar-refractivity contribution in [1.82, 2.24) is 15.3 Å². The summed E-state index contributed by atoms with van der Waals surface area (Å²) in [5.41, 5.74) is -0.742. The predicted molar refractivity (Wildman–Crippen MR) is 76.1 cm³/mol. The molecule has 0 bridgehead atoms. The van der Waals surface area contributed by atoms with Crippen LogP contribution >= 0.6 is 11.8 Å². The van der Waals surface area contributed by atoms with Gasteiger partial charge in [-0.2, -0.15) is 0 Å². The molecule has 106 valence electrons. The number of rotatable bonds is 7. The highest BCUT2D eigenvalue weighted by atomic mass is 32.2. The molecule has 0 spiro atoms. The van der Waals surface area contributed by atoms with Gasteiger partial charge in [0.15, 0.2) is 5.16 Å². The third kappa shape index (κ3) is 5.16. The number of aromatic nitrogens is 2. The fourth-order valence-corrected chi connectivity index (χ4v) is 2.55. The number of carbonyl (C=O) groups is 1. The van der Waals surface area contributed by atoms with Gasteiger partial charge in [-0.15, -0.1) is 0 Å². The number of carbonyl (C=O) groups excluding carboxylic acids is 1. The van der Waals surface area contributed by atoms with Gasteiger partial charge in [0.25, 0.3) is 0 Å². The lowest BCUT2D eigenvalue weighted by molar-refractivity contribution is -0.149. The van der Waals surface area contributed by atoms with Crippen molar-refractivity contribution in [3.05, 3.63) is 18.5 Å². The van der Waals surface area contributed by atoms with E-state index < -0.39 is 5.54 Å². The minimum absolute atomic E-state index is 0.187. The normalized spacial score (nSPS) is 14.2. The van der Waals surface area contributed by atoms with E-state index in [1.165, 1.54) is 11.8 Å². The molecular formula is C13H21N3O2S. The average molecular weight is 283 g/mol. The highest BCUT2D eigenvalue weighted by molar-refractivity contribution is 7.99. The number of thioether (sulfide) groups is 1. The minimum atomic E-state index is -0.742. The molecule has 0 aliphatic rings. The van der Waals surface area contributed by atoms with Crippen LogP contribution in [-0.2, 0) is 9.53 Å². The Morgan fingerprint density at radius 3 is 2.63 bits per heavy atom. The van der Waals surface area contributed by atoms with Gasteiger partial charge in [-0.05, 0) is 33.8 Å². The van der Waals surface area contributed by atoms with Crippen molar-refractivity contribution in [2.75, 3.05) is 12.4 Å². The van der Waals surface area contributed by atoms with E-state index in [4.69, 9.17) is 4.74 Å². The quantitative estimate of drug-likeness (QED) is 0.468. The van der Waals surface area contributed by atoms with E-state index in [1.54, 1.807) is 25.4 Å². The maximum atomic E-state index is 12.1. The van der Waals surface area contributed by atoms with Gasteiger partial charge in [-0.25, -0.2) is 9.97 Å². The molecule has 5 nitrogen and oxygen atoms in total. The predicted octanol–water partition coefficient (Wildman–Crippen LogP) is 1.89. The van der Waals surface area contributed by atoms with Crippen LogP contribution in [0.5, 0.6) is 0 Å². The molecule has 6 heteroatoms. The molecular weight excluding hydrogens is 262 g/mol. The van der Waals surface area contributed by atoms with Crippen molar-refractivity contribution in [3.63, 3.8) is 0 Å². The third-order valence-electron chi connectivity index (χ3n) is 2.37. The average Bonchev–Trinajstić information content (AvgIpc) is 2.37. The molecule has 0 saturated carbocycles. The Kier molecular flexibility index (Phi) is 6.24. The standard InChI is InChI=1S/C13H21N3O2S/c1-5-18-11(17)13(4,16-10(2)3)9-19-12-14-7-6-8-15-12/h6-8,10,16H,5,9H2,1-4H3. The summed E-state index contributed by atoms with van der Waals surface area (Å²) in [6.45, 7) is 8.03. The minimum Gasteiger partial charge on any atom is -0.465 e. The van der Waals surface area contributed by atoms with E-state index in [9.17, 15) is 4.79 Å². The van der Waals surface area contributed by atoms with Gasteiger partial charge in [-0.3, -0.25) is 10.1 Å². The number of nitrogens with zero attached hydrogens (tertiary/aromatic N) is 2. The second-order valence-corrected chi connectivity index (χ2v) is 5.61. The number of hydrogen-bond acceptors (Lipinski definition) is 6. The van der Waals surface area contributed by atoms with Crippen LogP contribution in [-0.4, -0.2) is 39.9 Å². The van der Waals surface area contributed by atoms with Crippen molar-refractivity contribution in [2.24, 2.45) is 0 Å². The fraction of sp³-hybridized carbons (Fsp3) is 0.615. The molecule has 1 heterocycles. The Balaban J connectivity index is 2.71. The fourth-order valence-electron chi connectivity index (χ4n) is 1.66. The lowest BCUT2D eigenvalue weighted by Gasteiger charge is -2.30. The van der Waals surface area contributed by atoms with Gasteiger partial charge < -0.3 is 4.74 Å². The van der Waals surface area contributed by atoms with Gasteiger partial charge in [0.1, 0.15) is 5.54 Å². The number of hydrogen-bond donors (Lipinski definition) is 1. The SMILES string of the molecule is CCOC(=O)C(C)(CSc1ncccn1)NC(C)C. The van der Waals surface area contributed by atoms with Gasteiger partial charge in [0.2, 0.25) is 0 Å². The van der Waals surface area contributed by atoms with Gasteiger partial charge in [0, 0.05) is 24.2 Å². The molecule has 0 aliphatic heterocycles.